The summed E-state index contributed by atoms with van der Waals surface area (Å²) in [6, 6.07) is 13.1. The van der Waals surface area contributed by atoms with E-state index in [1.165, 1.54) is 0 Å². The Bertz CT molecular complexity index is 543. The maximum absolute atomic E-state index is 8.95. The largest absolute Gasteiger partial charge is 0.481 e. The van der Waals surface area contributed by atoms with Crippen LogP contribution in [0.2, 0.25) is 0 Å². The van der Waals surface area contributed by atoms with Crippen LogP contribution >= 0.6 is 0 Å². The van der Waals surface area contributed by atoms with Crippen molar-refractivity contribution in [3.63, 3.8) is 0 Å². The predicted octanol–water partition coefficient (Wildman–Crippen LogP) is 2.71. The third-order valence-corrected chi connectivity index (χ3v) is 2.27. The van der Waals surface area contributed by atoms with E-state index in [0.29, 0.717) is 11.4 Å². The summed E-state index contributed by atoms with van der Waals surface area (Å²) >= 11 is 0. The minimum absolute atomic E-state index is 0.559. The molecule has 4 nitrogen and oxygen atoms in total. The molecular weight excluding hydrogens is 214 g/mol. The number of nitrogens with one attached hydrogen (secondary N) is 1. The molecule has 0 unspecified atom stereocenters. The molecule has 1 aromatic heterocycles. The summed E-state index contributed by atoms with van der Waals surface area (Å²) in [4.78, 5) is 4.08. The average molecular weight is 225 g/mol. The van der Waals surface area contributed by atoms with Crippen LogP contribution in [0.15, 0.2) is 42.6 Å². The van der Waals surface area contributed by atoms with Crippen molar-refractivity contribution in [3.05, 3.63) is 48.2 Å². The molecule has 0 atom stereocenters. The van der Waals surface area contributed by atoms with Gasteiger partial charge >= 0.3 is 0 Å². The molecular formula is C13H11N3O. The van der Waals surface area contributed by atoms with Crippen LogP contribution in [0, 0.1) is 11.3 Å². The van der Waals surface area contributed by atoms with Gasteiger partial charge in [0.2, 0.25) is 5.88 Å². The van der Waals surface area contributed by atoms with Crippen molar-refractivity contribution in [1.82, 2.24) is 4.98 Å². The molecule has 4 heteroatoms. The Hall–Kier alpha value is -2.54. The van der Waals surface area contributed by atoms with Crippen LogP contribution in [-0.2, 0) is 0 Å². The topological polar surface area (TPSA) is 57.9 Å². The fourth-order valence-electron chi connectivity index (χ4n) is 1.42. The van der Waals surface area contributed by atoms with Crippen molar-refractivity contribution in [3.8, 4) is 11.9 Å². The van der Waals surface area contributed by atoms with E-state index in [9.17, 15) is 0 Å². The Kier molecular flexibility index (Phi) is 3.22. The lowest BCUT2D eigenvalue weighted by molar-refractivity contribution is 0.398. The number of hydrogen-bond acceptors (Lipinski definition) is 4. The molecule has 84 valence electrons. The van der Waals surface area contributed by atoms with Crippen LogP contribution in [0.3, 0.4) is 0 Å². The van der Waals surface area contributed by atoms with Gasteiger partial charge in [-0.3, -0.25) is 0 Å². The highest BCUT2D eigenvalue weighted by molar-refractivity contribution is 5.65. The standard InChI is InChI=1S/C13H11N3O/c1-17-13-7-6-11(9-15-13)16-12-5-3-2-4-10(12)8-14/h2-7,9,16H,1H3. The molecule has 0 amide bonds. The molecule has 1 aromatic carbocycles. The first-order valence-corrected chi connectivity index (χ1v) is 5.09. The number of ether oxygens (including phenoxy) is 1. The summed E-state index contributed by atoms with van der Waals surface area (Å²) in [6.07, 6.45) is 1.66. The third-order valence-electron chi connectivity index (χ3n) is 2.27. The van der Waals surface area contributed by atoms with Crippen LogP contribution in [-0.4, -0.2) is 12.1 Å². The molecule has 0 aliphatic carbocycles. The van der Waals surface area contributed by atoms with Crippen molar-refractivity contribution in [1.29, 1.82) is 5.26 Å². The lowest BCUT2D eigenvalue weighted by atomic mass is 10.2. The van der Waals surface area contributed by atoms with Gasteiger partial charge in [-0.1, -0.05) is 12.1 Å². The highest BCUT2D eigenvalue weighted by Crippen LogP contribution is 2.20. The molecule has 2 aromatic rings. The van der Waals surface area contributed by atoms with Gasteiger partial charge in [-0.2, -0.15) is 5.26 Å². The van der Waals surface area contributed by atoms with Gasteiger partial charge in [0.15, 0.2) is 0 Å². The summed E-state index contributed by atoms with van der Waals surface area (Å²) in [6.45, 7) is 0. The van der Waals surface area contributed by atoms with Crippen LogP contribution in [0.4, 0.5) is 11.4 Å². The molecule has 0 radical (unpaired) electrons. The molecule has 2 rings (SSSR count). The summed E-state index contributed by atoms with van der Waals surface area (Å²) < 4.78 is 4.97. The van der Waals surface area contributed by atoms with Crippen molar-refractivity contribution in [2.24, 2.45) is 0 Å². The maximum Gasteiger partial charge on any atom is 0.213 e. The third kappa shape index (κ3) is 2.52. The first-order chi connectivity index (χ1) is 8.33. The van der Waals surface area contributed by atoms with E-state index in [1.54, 1.807) is 25.4 Å². The van der Waals surface area contributed by atoms with E-state index < -0.39 is 0 Å². The average Bonchev–Trinajstić information content (AvgIpc) is 2.40. The summed E-state index contributed by atoms with van der Waals surface area (Å²) in [7, 11) is 1.57. The number of rotatable bonds is 3. The number of hydrogen-bond donors (Lipinski definition) is 1. The monoisotopic (exact) mass is 225 g/mol. The number of methoxy groups -OCH3 is 1. The fraction of sp³-hybridized carbons (Fsp3) is 0.0769. The fourth-order valence-corrected chi connectivity index (χ4v) is 1.42. The summed E-state index contributed by atoms with van der Waals surface area (Å²) in [5.74, 6) is 0.559. The number of anilines is 2. The lowest BCUT2D eigenvalue weighted by Crippen LogP contribution is -1.94. The second-order valence-corrected chi connectivity index (χ2v) is 3.37. The molecule has 0 aliphatic heterocycles. The SMILES string of the molecule is COc1ccc(Nc2ccccc2C#N)cn1. The van der Waals surface area contributed by atoms with Gasteiger partial charge < -0.3 is 10.1 Å². The highest BCUT2D eigenvalue weighted by atomic mass is 16.5. The van der Waals surface area contributed by atoms with E-state index >= 15 is 0 Å². The maximum atomic E-state index is 8.95. The smallest absolute Gasteiger partial charge is 0.213 e. The quantitative estimate of drug-likeness (QED) is 0.872. The molecule has 0 saturated heterocycles. The number of nitriles is 1. The zero-order chi connectivity index (χ0) is 12.1. The Morgan fingerprint density at radius 3 is 2.71 bits per heavy atom. The summed E-state index contributed by atoms with van der Waals surface area (Å²) in [5.41, 5.74) is 2.18. The Morgan fingerprint density at radius 1 is 1.24 bits per heavy atom. The van der Waals surface area contributed by atoms with Gasteiger partial charge in [-0.25, -0.2) is 4.98 Å². The van der Waals surface area contributed by atoms with E-state index in [0.717, 1.165) is 11.4 Å². The van der Waals surface area contributed by atoms with E-state index in [4.69, 9.17) is 10.00 Å². The van der Waals surface area contributed by atoms with Crippen LogP contribution in [0.5, 0.6) is 5.88 Å². The van der Waals surface area contributed by atoms with Crippen LogP contribution < -0.4 is 10.1 Å². The van der Waals surface area contributed by atoms with E-state index in [1.807, 2.05) is 24.3 Å². The molecule has 1 heterocycles. The Morgan fingerprint density at radius 2 is 2.06 bits per heavy atom. The van der Waals surface area contributed by atoms with E-state index in [2.05, 4.69) is 16.4 Å². The first kappa shape index (κ1) is 11.0. The van der Waals surface area contributed by atoms with Crippen molar-refractivity contribution >= 4 is 11.4 Å². The van der Waals surface area contributed by atoms with Gasteiger partial charge in [-0.05, 0) is 18.2 Å². The number of para-hydroxylation sites is 1. The second-order valence-electron chi connectivity index (χ2n) is 3.37. The second kappa shape index (κ2) is 4.99. The van der Waals surface area contributed by atoms with Gasteiger partial charge in [0.05, 0.1) is 30.2 Å². The first-order valence-electron chi connectivity index (χ1n) is 5.09. The molecule has 1 N–H and O–H groups in total. The Balaban J connectivity index is 2.23. The van der Waals surface area contributed by atoms with Crippen molar-refractivity contribution in [2.45, 2.75) is 0 Å². The number of pyridine rings is 1. The van der Waals surface area contributed by atoms with Gasteiger partial charge in [0.25, 0.3) is 0 Å². The zero-order valence-electron chi connectivity index (χ0n) is 9.34. The molecule has 0 spiro atoms. The minimum Gasteiger partial charge on any atom is -0.481 e. The number of benzene rings is 1. The predicted molar refractivity (Wildman–Crippen MR) is 65.2 cm³/mol. The van der Waals surface area contributed by atoms with Crippen LogP contribution in [0.25, 0.3) is 0 Å². The van der Waals surface area contributed by atoms with Crippen molar-refractivity contribution in [2.75, 3.05) is 12.4 Å². The van der Waals surface area contributed by atoms with Crippen LogP contribution in [0.1, 0.15) is 5.56 Å². The normalized spacial score (nSPS) is 9.41. The molecule has 0 bridgehead atoms. The zero-order valence-corrected chi connectivity index (χ0v) is 9.34. The lowest BCUT2D eigenvalue weighted by Gasteiger charge is -2.07. The van der Waals surface area contributed by atoms with E-state index in [-0.39, 0.29) is 0 Å². The minimum atomic E-state index is 0.559. The molecule has 0 fully saturated rings. The Labute approximate surface area is 99.5 Å². The van der Waals surface area contributed by atoms with Gasteiger partial charge in [0.1, 0.15) is 6.07 Å². The van der Waals surface area contributed by atoms with Gasteiger partial charge in [0, 0.05) is 6.07 Å². The number of aromatic nitrogens is 1. The highest BCUT2D eigenvalue weighted by Gasteiger charge is 2.01. The molecule has 0 saturated carbocycles. The number of nitrogens with zero attached hydrogens (tertiary/aromatic N) is 2. The molecule has 17 heavy (non-hydrogen) atoms. The van der Waals surface area contributed by atoms with Crippen molar-refractivity contribution < 1.29 is 4.74 Å². The van der Waals surface area contributed by atoms with Gasteiger partial charge in [-0.15, -0.1) is 0 Å². The summed E-state index contributed by atoms with van der Waals surface area (Å²) in [5, 5.41) is 12.1. The molecule has 0 aliphatic rings.